The second-order valence-electron chi connectivity index (χ2n) is 7.77. The summed E-state index contributed by atoms with van der Waals surface area (Å²) in [7, 11) is 1.71. The van der Waals surface area contributed by atoms with Crippen molar-refractivity contribution in [3.8, 4) is 5.75 Å². The van der Waals surface area contributed by atoms with Gasteiger partial charge in [-0.25, -0.2) is 10.1 Å². The van der Waals surface area contributed by atoms with Crippen LogP contribution in [0.5, 0.6) is 5.75 Å². The molecule has 0 atom stereocenters. The van der Waals surface area contributed by atoms with Gasteiger partial charge in [0.15, 0.2) is 5.82 Å². The number of imidazole rings is 1. The molecule has 166 valence electrons. The highest BCUT2D eigenvalue weighted by molar-refractivity contribution is 7.10. The first-order valence-corrected chi connectivity index (χ1v) is 11.7. The number of thiophene rings is 1. The summed E-state index contributed by atoms with van der Waals surface area (Å²) < 4.78 is 7.73. The first kappa shape index (κ1) is 22.0. The monoisotopic (exact) mass is 448 g/mol. The average molecular weight is 449 g/mol. The first-order valence-electron chi connectivity index (χ1n) is 10.8. The number of aromatic nitrogens is 6. The number of aromatic amines is 1. The highest BCUT2D eigenvalue weighted by Crippen LogP contribution is 2.25. The molecule has 4 rings (SSSR count). The second-order valence-corrected chi connectivity index (χ2v) is 8.80. The van der Waals surface area contributed by atoms with Crippen molar-refractivity contribution in [2.24, 2.45) is 0 Å². The van der Waals surface area contributed by atoms with Crippen LogP contribution in [0, 0.1) is 6.92 Å². The molecule has 3 aromatic heterocycles. The predicted molar refractivity (Wildman–Crippen MR) is 128 cm³/mol. The molecule has 8 heteroatoms. The molecule has 3 heterocycles. The normalized spacial score (nSPS) is 11.8. The van der Waals surface area contributed by atoms with Crippen molar-refractivity contribution in [3.63, 3.8) is 0 Å². The van der Waals surface area contributed by atoms with Gasteiger partial charge in [-0.1, -0.05) is 31.5 Å². The molecular weight excluding hydrogens is 420 g/mol. The van der Waals surface area contributed by atoms with Crippen molar-refractivity contribution in [1.29, 1.82) is 0 Å². The van der Waals surface area contributed by atoms with Crippen molar-refractivity contribution in [3.05, 3.63) is 75.3 Å². The van der Waals surface area contributed by atoms with Crippen LogP contribution in [-0.2, 0) is 19.4 Å². The molecule has 0 saturated carbocycles. The molecule has 0 unspecified atom stereocenters. The fraction of sp³-hybridized carbons (Fsp3) is 0.333. The molecule has 0 aliphatic heterocycles. The maximum absolute atomic E-state index is 5.43. The van der Waals surface area contributed by atoms with E-state index in [2.05, 4.69) is 74.8 Å². The van der Waals surface area contributed by atoms with Crippen molar-refractivity contribution in [1.82, 2.24) is 30.2 Å². The molecule has 0 spiro atoms. The lowest BCUT2D eigenvalue weighted by atomic mass is 10.1. The number of methoxy groups -OCH3 is 1. The third kappa shape index (κ3) is 5.13. The lowest BCUT2D eigenvalue weighted by molar-refractivity contribution is 0.411. The number of aryl methyl sites for hydroxylation is 2. The van der Waals surface area contributed by atoms with E-state index in [1.54, 1.807) is 18.4 Å². The van der Waals surface area contributed by atoms with E-state index in [-0.39, 0.29) is 0 Å². The van der Waals surface area contributed by atoms with Gasteiger partial charge in [0, 0.05) is 29.8 Å². The SMILES string of the molecule is CCCCc1ncc(/C=C(/Cc2cccs2)c2nnn[nH]2)n1Cc1ccc(OC)c(C)c1. The van der Waals surface area contributed by atoms with Crippen molar-refractivity contribution < 1.29 is 4.74 Å². The Morgan fingerprint density at radius 1 is 1.28 bits per heavy atom. The number of nitrogens with one attached hydrogen (secondary N) is 1. The van der Waals surface area contributed by atoms with Gasteiger partial charge >= 0.3 is 0 Å². The summed E-state index contributed by atoms with van der Waals surface area (Å²) >= 11 is 1.73. The van der Waals surface area contributed by atoms with E-state index < -0.39 is 0 Å². The Kier molecular flexibility index (Phi) is 7.11. The van der Waals surface area contributed by atoms with Crippen molar-refractivity contribution in [2.45, 2.75) is 46.1 Å². The zero-order chi connectivity index (χ0) is 22.3. The highest BCUT2D eigenvalue weighted by atomic mass is 32.1. The summed E-state index contributed by atoms with van der Waals surface area (Å²) in [6, 6.07) is 10.5. The van der Waals surface area contributed by atoms with Crippen LogP contribution in [0.25, 0.3) is 11.6 Å². The van der Waals surface area contributed by atoms with Gasteiger partial charge in [0.05, 0.1) is 19.0 Å². The Labute approximate surface area is 192 Å². The molecule has 4 aromatic rings. The van der Waals surface area contributed by atoms with Crippen molar-refractivity contribution in [2.75, 3.05) is 7.11 Å². The molecule has 32 heavy (non-hydrogen) atoms. The summed E-state index contributed by atoms with van der Waals surface area (Å²) in [5, 5.41) is 16.7. The van der Waals surface area contributed by atoms with Gasteiger partial charge in [0.25, 0.3) is 0 Å². The number of hydrogen-bond acceptors (Lipinski definition) is 6. The molecule has 7 nitrogen and oxygen atoms in total. The van der Waals surface area contributed by atoms with Crippen LogP contribution in [0.1, 0.15) is 53.1 Å². The zero-order valence-electron chi connectivity index (χ0n) is 18.7. The predicted octanol–water partition coefficient (Wildman–Crippen LogP) is 4.95. The molecule has 1 N–H and O–H groups in total. The van der Waals surface area contributed by atoms with Gasteiger partial charge in [-0.3, -0.25) is 0 Å². The maximum atomic E-state index is 5.43. The highest BCUT2D eigenvalue weighted by Gasteiger charge is 2.14. The number of benzene rings is 1. The number of unbranched alkanes of at least 4 members (excludes halogenated alkanes) is 1. The van der Waals surface area contributed by atoms with E-state index in [0.717, 1.165) is 60.6 Å². The number of nitrogens with zero attached hydrogens (tertiary/aromatic N) is 5. The van der Waals surface area contributed by atoms with E-state index in [9.17, 15) is 0 Å². The Morgan fingerprint density at radius 2 is 2.19 bits per heavy atom. The molecule has 0 fully saturated rings. The van der Waals surface area contributed by atoms with Crippen LogP contribution in [0.3, 0.4) is 0 Å². The first-order chi connectivity index (χ1) is 15.7. The maximum Gasteiger partial charge on any atom is 0.175 e. The number of ether oxygens (including phenoxy) is 1. The Hall–Kier alpha value is -3.26. The summed E-state index contributed by atoms with van der Waals surface area (Å²) in [5.74, 6) is 2.68. The lowest BCUT2D eigenvalue weighted by Crippen LogP contribution is -2.08. The number of hydrogen-bond donors (Lipinski definition) is 1. The van der Waals surface area contributed by atoms with Crippen LogP contribution in [-0.4, -0.2) is 37.3 Å². The Morgan fingerprint density at radius 3 is 2.88 bits per heavy atom. The fourth-order valence-electron chi connectivity index (χ4n) is 3.76. The molecular formula is C24H28N6OS. The van der Waals surface area contributed by atoms with Gasteiger partial charge in [-0.15, -0.1) is 16.4 Å². The largest absolute Gasteiger partial charge is 0.496 e. The van der Waals surface area contributed by atoms with Gasteiger partial charge in [0.1, 0.15) is 11.6 Å². The molecule has 0 saturated heterocycles. The average Bonchev–Trinajstić information content (AvgIpc) is 3.56. The number of tetrazole rings is 1. The van der Waals surface area contributed by atoms with Crippen LogP contribution in [0.4, 0.5) is 0 Å². The third-order valence-corrected chi connectivity index (χ3v) is 6.32. The minimum Gasteiger partial charge on any atom is -0.496 e. The minimum atomic E-state index is 0.682. The topological polar surface area (TPSA) is 81.5 Å². The van der Waals surface area contributed by atoms with Gasteiger partial charge in [-0.2, -0.15) is 0 Å². The van der Waals surface area contributed by atoms with E-state index in [1.165, 1.54) is 10.4 Å². The molecule has 1 aromatic carbocycles. The molecule has 0 amide bonds. The number of H-pyrrole nitrogens is 1. The second kappa shape index (κ2) is 10.4. The van der Waals surface area contributed by atoms with Crippen molar-refractivity contribution >= 4 is 23.0 Å². The van der Waals surface area contributed by atoms with Crippen LogP contribution in [0.15, 0.2) is 41.9 Å². The summed E-state index contributed by atoms with van der Waals surface area (Å²) in [6.45, 7) is 5.03. The van der Waals surface area contributed by atoms with E-state index in [4.69, 9.17) is 9.72 Å². The molecule has 0 aliphatic carbocycles. The Balaban J connectivity index is 1.72. The molecule has 0 aliphatic rings. The van der Waals surface area contributed by atoms with E-state index in [0.29, 0.717) is 5.82 Å². The van der Waals surface area contributed by atoms with E-state index in [1.807, 2.05) is 12.3 Å². The smallest absolute Gasteiger partial charge is 0.175 e. The molecule has 0 bridgehead atoms. The standard InChI is InChI=1S/C24H28N6OS/c1-4-5-8-23-25-15-20(30(23)16-18-9-10-22(31-3)17(2)12-18)13-19(24-26-28-29-27-24)14-21-7-6-11-32-21/h6-7,9-13,15H,4-5,8,14,16H2,1-3H3,(H,26,27,28,29)/b19-13-. The van der Waals surface area contributed by atoms with Crippen LogP contribution < -0.4 is 4.74 Å². The summed E-state index contributed by atoms with van der Waals surface area (Å²) in [6.07, 6.45) is 8.05. The quantitative estimate of drug-likeness (QED) is 0.371. The third-order valence-electron chi connectivity index (χ3n) is 5.44. The fourth-order valence-corrected chi connectivity index (χ4v) is 4.49. The number of allylic oxidation sites excluding steroid dienone is 1. The molecule has 0 radical (unpaired) electrons. The zero-order valence-corrected chi connectivity index (χ0v) is 19.5. The summed E-state index contributed by atoms with van der Waals surface area (Å²) in [5.41, 5.74) is 4.43. The Bertz CT molecular complexity index is 1160. The van der Waals surface area contributed by atoms with Crippen LogP contribution in [0.2, 0.25) is 0 Å². The minimum absolute atomic E-state index is 0.682. The van der Waals surface area contributed by atoms with Gasteiger partial charge < -0.3 is 9.30 Å². The number of rotatable bonds is 10. The van der Waals surface area contributed by atoms with E-state index >= 15 is 0 Å². The van der Waals surface area contributed by atoms with Crippen LogP contribution >= 0.6 is 11.3 Å². The lowest BCUT2D eigenvalue weighted by Gasteiger charge is -2.13. The summed E-state index contributed by atoms with van der Waals surface area (Å²) in [4.78, 5) is 6.03. The van der Waals surface area contributed by atoms with Gasteiger partial charge in [0.2, 0.25) is 0 Å². The van der Waals surface area contributed by atoms with Gasteiger partial charge in [-0.05, 0) is 58.5 Å².